The maximum absolute atomic E-state index is 10.0. The third kappa shape index (κ3) is 2.01. The van der Waals surface area contributed by atoms with E-state index in [1.165, 1.54) is 0 Å². The zero-order valence-corrected chi connectivity index (χ0v) is 5.22. The Bertz CT molecular complexity index is 108. The molecule has 1 aliphatic heterocycles. The molecule has 1 unspecified atom stereocenters. The number of aliphatic carboxylic acids is 1. The highest BCUT2D eigenvalue weighted by atomic mass is 16.4. The minimum absolute atomic E-state index is 0.215. The van der Waals surface area contributed by atoms with Crippen LogP contribution in [0.5, 0.6) is 0 Å². The van der Waals surface area contributed by atoms with Gasteiger partial charge in [0.1, 0.15) is 0 Å². The molecule has 1 atom stereocenters. The second-order valence-corrected chi connectivity index (χ2v) is 2.43. The van der Waals surface area contributed by atoms with Crippen molar-refractivity contribution < 1.29 is 9.90 Å². The summed E-state index contributed by atoms with van der Waals surface area (Å²) in [7, 11) is 0. The molecule has 0 saturated carbocycles. The van der Waals surface area contributed by atoms with Gasteiger partial charge in [-0.25, -0.2) is 0 Å². The van der Waals surface area contributed by atoms with Gasteiger partial charge in [-0.1, -0.05) is 0 Å². The second-order valence-electron chi connectivity index (χ2n) is 2.43. The van der Waals surface area contributed by atoms with Gasteiger partial charge in [-0.05, 0) is 31.8 Å². The lowest BCUT2D eigenvalue weighted by atomic mass is 10.1. The molecule has 0 bridgehead atoms. The van der Waals surface area contributed by atoms with Gasteiger partial charge in [0.05, 0.1) is 0 Å². The molecule has 0 spiro atoms. The first-order valence-corrected chi connectivity index (χ1v) is 3.19. The molecule has 1 heterocycles. The molecule has 9 heavy (non-hydrogen) atoms. The van der Waals surface area contributed by atoms with Crippen molar-refractivity contribution in [3.8, 4) is 0 Å². The van der Waals surface area contributed by atoms with Crippen LogP contribution in [0.15, 0.2) is 0 Å². The summed E-state index contributed by atoms with van der Waals surface area (Å²) in [6, 6.07) is 0. The van der Waals surface area contributed by atoms with Gasteiger partial charge in [0.15, 0.2) is 0 Å². The largest absolute Gasteiger partial charge is 0.550 e. The maximum Gasteiger partial charge on any atom is 0.0417 e. The molecule has 0 amide bonds. The van der Waals surface area contributed by atoms with Crippen LogP contribution in [0.4, 0.5) is 0 Å². The van der Waals surface area contributed by atoms with Crippen LogP contribution >= 0.6 is 0 Å². The lowest BCUT2D eigenvalue weighted by Crippen LogP contribution is -2.25. The first-order valence-electron chi connectivity index (χ1n) is 3.19. The number of hydrogen-bond donors (Lipinski definition) is 1. The third-order valence-electron chi connectivity index (χ3n) is 1.62. The first kappa shape index (κ1) is 6.55. The van der Waals surface area contributed by atoms with Crippen molar-refractivity contribution in [2.45, 2.75) is 12.8 Å². The number of nitrogens with one attached hydrogen (secondary N) is 1. The van der Waals surface area contributed by atoms with Crippen molar-refractivity contribution in [3.63, 3.8) is 0 Å². The third-order valence-corrected chi connectivity index (χ3v) is 1.62. The number of rotatable bonds is 2. The van der Waals surface area contributed by atoms with E-state index in [0.717, 1.165) is 19.5 Å². The van der Waals surface area contributed by atoms with Crippen LogP contribution in [0.2, 0.25) is 0 Å². The summed E-state index contributed by atoms with van der Waals surface area (Å²) in [5.41, 5.74) is 0. The van der Waals surface area contributed by atoms with Crippen LogP contribution in [-0.4, -0.2) is 19.1 Å². The zero-order valence-electron chi connectivity index (χ0n) is 5.22. The number of hydrogen-bond acceptors (Lipinski definition) is 3. The Morgan fingerprint density at radius 3 is 3.00 bits per heavy atom. The minimum Gasteiger partial charge on any atom is -0.550 e. The highest BCUT2D eigenvalue weighted by Crippen LogP contribution is 2.10. The van der Waals surface area contributed by atoms with Gasteiger partial charge in [-0.15, -0.1) is 0 Å². The van der Waals surface area contributed by atoms with Crippen LogP contribution < -0.4 is 10.4 Å². The second kappa shape index (κ2) is 2.82. The highest BCUT2D eigenvalue weighted by molar-refractivity contribution is 5.64. The Hall–Kier alpha value is -0.570. The monoisotopic (exact) mass is 128 g/mol. The Labute approximate surface area is 54.1 Å². The molecule has 0 radical (unpaired) electrons. The van der Waals surface area contributed by atoms with Crippen LogP contribution in [0, 0.1) is 5.92 Å². The van der Waals surface area contributed by atoms with Gasteiger partial charge in [-0.2, -0.15) is 0 Å². The normalized spacial score (nSPS) is 26.4. The summed E-state index contributed by atoms with van der Waals surface area (Å²) in [6.45, 7) is 1.80. The molecular weight excluding hydrogens is 118 g/mol. The van der Waals surface area contributed by atoms with E-state index in [-0.39, 0.29) is 6.42 Å². The lowest BCUT2D eigenvalue weighted by molar-refractivity contribution is -0.306. The van der Waals surface area contributed by atoms with Crippen molar-refractivity contribution in [2.24, 2.45) is 5.92 Å². The van der Waals surface area contributed by atoms with E-state index in [1.807, 2.05) is 0 Å². The van der Waals surface area contributed by atoms with Crippen molar-refractivity contribution >= 4 is 5.97 Å². The average Bonchev–Trinajstić information content (AvgIpc) is 2.15. The van der Waals surface area contributed by atoms with E-state index in [2.05, 4.69) is 5.32 Å². The van der Waals surface area contributed by atoms with Crippen molar-refractivity contribution in [1.29, 1.82) is 0 Å². The molecule has 0 aromatic rings. The van der Waals surface area contributed by atoms with E-state index in [4.69, 9.17) is 0 Å². The van der Waals surface area contributed by atoms with Crippen molar-refractivity contribution in [1.82, 2.24) is 5.32 Å². The van der Waals surface area contributed by atoms with Crippen molar-refractivity contribution in [3.05, 3.63) is 0 Å². The fraction of sp³-hybridized carbons (Fsp3) is 0.833. The zero-order chi connectivity index (χ0) is 6.69. The molecule has 52 valence electrons. The number of carboxylic acid groups (broad SMARTS) is 1. The van der Waals surface area contributed by atoms with Gasteiger partial charge in [-0.3, -0.25) is 0 Å². The predicted octanol–water partition coefficient (Wildman–Crippen LogP) is -1.26. The molecule has 0 aromatic heterocycles. The Kier molecular flexibility index (Phi) is 2.05. The molecule has 1 rings (SSSR count). The van der Waals surface area contributed by atoms with E-state index < -0.39 is 5.97 Å². The maximum atomic E-state index is 10.0. The summed E-state index contributed by atoms with van der Waals surface area (Å²) in [5, 5.41) is 13.1. The molecule has 1 aliphatic rings. The molecule has 1 saturated heterocycles. The standard InChI is InChI=1S/C6H11NO2/c8-6(9)3-5-1-2-7-4-5/h5,7H,1-4H2,(H,8,9)/p-1. The van der Waals surface area contributed by atoms with Crippen LogP contribution in [0.1, 0.15) is 12.8 Å². The number of carboxylic acids is 1. The van der Waals surface area contributed by atoms with Crippen molar-refractivity contribution in [2.75, 3.05) is 13.1 Å². The van der Waals surface area contributed by atoms with E-state index >= 15 is 0 Å². The van der Waals surface area contributed by atoms with E-state index in [1.54, 1.807) is 0 Å². The Morgan fingerprint density at radius 2 is 2.56 bits per heavy atom. The van der Waals surface area contributed by atoms with Gasteiger partial charge < -0.3 is 15.2 Å². The summed E-state index contributed by atoms with van der Waals surface area (Å²) < 4.78 is 0. The van der Waals surface area contributed by atoms with Gasteiger partial charge >= 0.3 is 0 Å². The molecule has 3 nitrogen and oxygen atoms in total. The van der Waals surface area contributed by atoms with Gasteiger partial charge in [0.2, 0.25) is 0 Å². The summed E-state index contributed by atoms with van der Waals surface area (Å²) >= 11 is 0. The van der Waals surface area contributed by atoms with E-state index in [0.29, 0.717) is 5.92 Å². The molecule has 1 N–H and O–H groups in total. The highest BCUT2D eigenvalue weighted by Gasteiger charge is 2.13. The number of carbonyl (C=O) groups excluding carboxylic acids is 1. The molecule has 3 heteroatoms. The predicted molar refractivity (Wildman–Crippen MR) is 30.6 cm³/mol. The first-order chi connectivity index (χ1) is 4.29. The summed E-state index contributed by atoms with van der Waals surface area (Å²) in [6.07, 6.45) is 1.20. The molecule has 1 fully saturated rings. The SMILES string of the molecule is O=C([O-])CC1CCNC1. The lowest BCUT2D eigenvalue weighted by Gasteiger charge is -2.06. The van der Waals surface area contributed by atoms with Crippen LogP contribution in [-0.2, 0) is 4.79 Å². The topological polar surface area (TPSA) is 52.2 Å². The fourth-order valence-electron chi connectivity index (χ4n) is 1.12. The van der Waals surface area contributed by atoms with Gasteiger partial charge in [0.25, 0.3) is 0 Å². The Morgan fingerprint density at radius 1 is 1.78 bits per heavy atom. The summed E-state index contributed by atoms with van der Waals surface area (Å²) in [5.74, 6) is -0.612. The number of carbonyl (C=O) groups is 1. The van der Waals surface area contributed by atoms with E-state index in [9.17, 15) is 9.90 Å². The van der Waals surface area contributed by atoms with Gasteiger partial charge in [0, 0.05) is 5.97 Å². The molecule has 0 aliphatic carbocycles. The fourth-order valence-corrected chi connectivity index (χ4v) is 1.12. The Balaban J connectivity index is 2.19. The summed E-state index contributed by atoms with van der Waals surface area (Å²) in [4.78, 5) is 10.0. The molecule has 0 aromatic carbocycles. The average molecular weight is 128 g/mol. The van der Waals surface area contributed by atoms with Crippen LogP contribution in [0.3, 0.4) is 0 Å². The molecular formula is C6H10NO2-. The minimum atomic E-state index is -0.927. The quantitative estimate of drug-likeness (QED) is 0.505. The smallest absolute Gasteiger partial charge is 0.0417 e. The van der Waals surface area contributed by atoms with Crippen LogP contribution in [0.25, 0.3) is 0 Å².